The first-order valence-electron chi connectivity index (χ1n) is 9.37. The standard InChI is InChI=1S/C24H30O2S/c1-17(25)21-11-7-19(8-12-21)15-23(3,4)27-24(5,6)16-20-9-13-22(14-10-20)18(2)26/h7-14H,15-16H2,1-6H3. The van der Waals surface area contributed by atoms with Crippen LogP contribution in [0.5, 0.6) is 0 Å². The Morgan fingerprint density at radius 1 is 0.667 bits per heavy atom. The number of carbonyl (C=O) groups is 2. The zero-order valence-corrected chi connectivity index (χ0v) is 18.1. The van der Waals surface area contributed by atoms with Gasteiger partial charge in [0.25, 0.3) is 0 Å². The molecule has 2 rings (SSSR count). The highest BCUT2D eigenvalue weighted by molar-refractivity contribution is 8.01. The molecule has 3 heteroatoms. The Morgan fingerprint density at radius 3 is 1.22 bits per heavy atom. The summed E-state index contributed by atoms with van der Waals surface area (Å²) in [6.45, 7) is 12.3. The number of thioether (sulfide) groups is 1. The molecule has 0 heterocycles. The lowest BCUT2D eigenvalue weighted by molar-refractivity contribution is 0.100. The van der Waals surface area contributed by atoms with Gasteiger partial charge in [-0.3, -0.25) is 9.59 Å². The van der Waals surface area contributed by atoms with Crippen molar-refractivity contribution in [2.45, 2.75) is 63.9 Å². The molecule has 0 unspecified atom stereocenters. The SMILES string of the molecule is CC(=O)c1ccc(CC(C)(C)SC(C)(C)Cc2ccc(C(C)=O)cc2)cc1. The van der Waals surface area contributed by atoms with Crippen LogP contribution in [0.3, 0.4) is 0 Å². The highest BCUT2D eigenvalue weighted by atomic mass is 32.2. The van der Waals surface area contributed by atoms with Crippen LogP contribution in [0.1, 0.15) is 73.4 Å². The van der Waals surface area contributed by atoms with Gasteiger partial charge in [-0.1, -0.05) is 76.2 Å². The molecule has 0 aliphatic heterocycles. The van der Waals surface area contributed by atoms with Crippen molar-refractivity contribution < 1.29 is 9.59 Å². The number of Topliss-reactive ketones (excluding diaryl/α,β-unsaturated/α-hetero) is 2. The third-order valence-electron chi connectivity index (χ3n) is 4.53. The molecule has 0 aromatic heterocycles. The van der Waals surface area contributed by atoms with E-state index in [0.29, 0.717) is 0 Å². The van der Waals surface area contributed by atoms with Crippen molar-refractivity contribution >= 4 is 23.3 Å². The molecule has 2 aromatic carbocycles. The quantitative estimate of drug-likeness (QED) is 0.512. The minimum absolute atomic E-state index is 0.0700. The van der Waals surface area contributed by atoms with Crippen molar-refractivity contribution in [3.8, 4) is 0 Å². The molecule has 0 bridgehead atoms. The molecule has 0 aliphatic rings. The Balaban J connectivity index is 2.03. The Morgan fingerprint density at radius 2 is 0.963 bits per heavy atom. The monoisotopic (exact) mass is 382 g/mol. The zero-order chi connectivity index (χ0) is 20.2. The van der Waals surface area contributed by atoms with E-state index in [2.05, 4.69) is 52.0 Å². The molecule has 0 aliphatic carbocycles. The highest BCUT2D eigenvalue weighted by Gasteiger charge is 2.30. The number of hydrogen-bond donors (Lipinski definition) is 0. The fourth-order valence-corrected chi connectivity index (χ4v) is 5.49. The summed E-state index contributed by atoms with van der Waals surface area (Å²) >= 11 is 1.98. The van der Waals surface area contributed by atoms with Gasteiger partial charge in [0.05, 0.1) is 0 Å². The van der Waals surface area contributed by atoms with E-state index in [4.69, 9.17) is 0 Å². The van der Waals surface area contributed by atoms with E-state index in [1.54, 1.807) is 13.8 Å². The van der Waals surface area contributed by atoms with E-state index in [-0.39, 0.29) is 21.1 Å². The largest absolute Gasteiger partial charge is 0.295 e. The maximum Gasteiger partial charge on any atom is 0.159 e. The van der Waals surface area contributed by atoms with Crippen LogP contribution in [0.2, 0.25) is 0 Å². The molecule has 0 N–H and O–H groups in total. The van der Waals surface area contributed by atoms with Gasteiger partial charge in [0.1, 0.15) is 0 Å². The van der Waals surface area contributed by atoms with Gasteiger partial charge in [-0.15, -0.1) is 11.8 Å². The van der Waals surface area contributed by atoms with Gasteiger partial charge < -0.3 is 0 Å². The molecule has 2 nitrogen and oxygen atoms in total. The first-order chi connectivity index (χ1) is 12.5. The van der Waals surface area contributed by atoms with Crippen molar-refractivity contribution in [3.05, 3.63) is 70.8 Å². The Bertz CT molecular complexity index is 730. The second-order valence-electron chi connectivity index (χ2n) is 8.48. The summed E-state index contributed by atoms with van der Waals surface area (Å²) < 4.78 is 0.140. The summed E-state index contributed by atoms with van der Waals surface area (Å²) in [5.41, 5.74) is 4.02. The Hall–Kier alpha value is -1.87. The lowest BCUT2D eigenvalue weighted by Gasteiger charge is -2.35. The van der Waals surface area contributed by atoms with Gasteiger partial charge in [0.2, 0.25) is 0 Å². The number of benzene rings is 2. The second kappa shape index (κ2) is 8.43. The van der Waals surface area contributed by atoms with Crippen molar-refractivity contribution in [2.75, 3.05) is 0 Å². The van der Waals surface area contributed by atoms with E-state index < -0.39 is 0 Å². The number of carbonyl (C=O) groups excluding carboxylic acids is 2. The highest BCUT2D eigenvalue weighted by Crippen LogP contribution is 2.40. The van der Waals surface area contributed by atoms with E-state index in [1.807, 2.05) is 36.0 Å². The average molecular weight is 383 g/mol. The minimum Gasteiger partial charge on any atom is -0.295 e. The number of ketones is 2. The summed E-state index contributed by atoms with van der Waals surface area (Å²) in [6, 6.07) is 15.9. The molecule has 144 valence electrons. The van der Waals surface area contributed by atoms with Crippen molar-refractivity contribution in [1.29, 1.82) is 0 Å². The van der Waals surface area contributed by atoms with E-state index >= 15 is 0 Å². The molecule has 0 spiro atoms. The van der Waals surface area contributed by atoms with E-state index in [0.717, 1.165) is 24.0 Å². The third kappa shape index (κ3) is 6.66. The van der Waals surface area contributed by atoms with Crippen molar-refractivity contribution in [3.63, 3.8) is 0 Å². The predicted molar refractivity (Wildman–Crippen MR) is 116 cm³/mol. The second-order valence-corrected chi connectivity index (χ2v) is 10.9. The molecular weight excluding hydrogens is 352 g/mol. The van der Waals surface area contributed by atoms with Gasteiger partial charge in [-0.25, -0.2) is 0 Å². The van der Waals surface area contributed by atoms with E-state index in [1.165, 1.54) is 11.1 Å². The number of hydrogen-bond acceptors (Lipinski definition) is 3. The minimum atomic E-state index is 0.0700. The Kier molecular flexibility index (Phi) is 6.69. The van der Waals surface area contributed by atoms with Crippen molar-refractivity contribution in [1.82, 2.24) is 0 Å². The van der Waals surface area contributed by atoms with Crippen LogP contribution in [0.25, 0.3) is 0 Å². The van der Waals surface area contributed by atoms with Gasteiger partial charge >= 0.3 is 0 Å². The maximum atomic E-state index is 11.4. The maximum absolute atomic E-state index is 11.4. The summed E-state index contributed by atoms with van der Waals surface area (Å²) in [5.74, 6) is 0.208. The van der Waals surface area contributed by atoms with Crippen LogP contribution in [0, 0.1) is 0 Å². The summed E-state index contributed by atoms with van der Waals surface area (Å²) in [5, 5.41) is 0. The van der Waals surface area contributed by atoms with Crippen molar-refractivity contribution in [2.24, 2.45) is 0 Å². The van der Waals surface area contributed by atoms with Gasteiger partial charge in [0, 0.05) is 20.6 Å². The van der Waals surface area contributed by atoms with Gasteiger partial charge in [0.15, 0.2) is 11.6 Å². The fraction of sp³-hybridized carbons (Fsp3) is 0.417. The fourth-order valence-electron chi connectivity index (χ4n) is 3.52. The summed E-state index contributed by atoms with van der Waals surface area (Å²) in [4.78, 5) is 22.9. The normalized spacial score (nSPS) is 12.1. The lowest BCUT2D eigenvalue weighted by atomic mass is 9.99. The number of rotatable bonds is 8. The first kappa shape index (κ1) is 21.4. The Labute approximate surface area is 167 Å². The molecule has 27 heavy (non-hydrogen) atoms. The van der Waals surface area contributed by atoms with Crippen LogP contribution < -0.4 is 0 Å². The molecule has 0 saturated heterocycles. The van der Waals surface area contributed by atoms with Gasteiger partial charge in [-0.2, -0.15) is 0 Å². The molecule has 0 saturated carbocycles. The first-order valence-corrected chi connectivity index (χ1v) is 10.2. The lowest BCUT2D eigenvalue weighted by Crippen LogP contribution is -2.30. The predicted octanol–water partition coefficient (Wildman–Crippen LogP) is 6.17. The van der Waals surface area contributed by atoms with E-state index in [9.17, 15) is 9.59 Å². The van der Waals surface area contributed by atoms with Gasteiger partial charge in [-0.05, 0) is 37.8 Å². The smallest absolute Gasteiger partial charge is 0.159 e. The van der Waals surface area contributed by atoms with Crippen LogP contribution in [0.4, 0.5) is 0 Å². The molecule has 0 atom stereocenters. The van der Waals surface area contributed by atoms with Crippen LogP contribution in [-0.2, 0) is 12.8 Å². The molecule has 2 aromatic rings. The zero-order valence-electron chi connectivity index (χ0n) is 17.3. The molecular formula is C24H30O2S. The molecule has 0 amide bonds. The van der Waals surface area contributed by atoms with Crippen LogP contribution >= 0.6 is 11.8 Å². The topological polar surface area (TPSA) is 34.1 Å². The average Bonchev–Trinajstić information content (AvgIpc) is 2.53. The summed E-state index contributed by atoms with van der Waals surface area (Å²) in [6.07, 6.45) is 1.89. The van der Waals surface area contributed by atoms with Crippen LogP contribution in [0.15, 0.2) is 48.5 Å². The van der Waals surface area contributed by atoms with Crippen LogP contribution in [-0.4, -0.2) is 21.1 Å². The molecule has 0 radical (unpaired) electrons. The third-order valence-corrected chi connectivity index (χ3v) is 5.93. The summed E-state index contributed by atoms with van der Waals surface area (Å²) in [7, 11) is 0. The molecule has 0 fully saturated rings.